The minimum Gasteiger partial charge on any atom is -0.370 e. The van der Waals surface area contributed by atoms with Gasteiger partial charge < -0.3 is 10.2 Å². The van der Waals surface area contributed by atoms with Gasteiger partial charge in [-0.05, 0) is 37.3 Å². The Hall–Kier alpha value is -1.25. The predicted molar refractivity (Wildman–Crippen MR) is 73.6 cm³/mol. The molecule has 3 heteroatoms. The molecule has 1 fully saturated rings. The Kier molecular flexibility index (Phi) is 3.55. The van der Waals surface area contributed by atoms with Gasteiger partial charge in [-0.3, -0.25) is 0 Å². The lowest BCUT2D eigenvalue weighted by Crippen LogP contribution is -2.40. The van der Waals surface area contributed by atoms with Gasteiger partial charge in [-0.1, -0.05) is 19.9 Å². The molecule has 3 nitrogen and oxygen atoms in total. The van der Waals surface area contributed by atoms with Gasteiger partial charge in [0.1, 0.15) is 11.6 Å². The fourth-order valence-electron chi connectivity index (χ4n) is 2.50. The quantitative estimate of drug-likeness (QED) is 0.869. The van der Waals surface area contributed by atoms with Gasteiger partial charge in [-0.15, -0.1) is 0 Å². The first-order chi connectivity index (χ1) is 8.11. The monoisotopic (exact) mass is 233 g/mol. The highest BCUT2D eigenvalue weighted by Crippen LogP contribution is 2.30. The Morgan fingerprint density at radius 3 is 2.94 bits per heavy atom. The van der Waals surface area contributed by atoms with E-state index in [-0.39, 0.29) is 0 Å². The molecule has 0 radical (unpaired) electrons. The van der Waals surface area contributed by atoms with Crippen molar-refractivity contribution in [3.63, 3.8) is 0 Å². The second-order valence-electron chi connectivity index (χ2n) is 5.60. The maximum atomic E-state index is 4.67. The third kappa shape index (κ3) is 3.11. The van der Waals surface area contributed by atoms with Gasteiger partial charge in [-0.2, -0.15) is 0 Å². The summed E-state index contributed by atoms with van der Waals surface area (Å²) in [7, 11) is 0. The van der Waals surface area contributed by atoms with Crippen LogP contribution in [0.3, 0.4) is 0 Å². The molecule has 1 aliphatic rings. The van der Waals surface area contributed by atoms with Gasteiger partial charge in [-0.25, -0.2) is 4.98 Å². The van der Waals surface area contributed by atoms with Crippen molar-refractivity contribution in [3.8, 4) is 0 Å². The number of anilines is 2. The second-order valence-corrected chi connectivity index (χ2v) is 5.60. The number of aromatic nitrogens is 1. The summed E-state index contributed by atoms with van der Waals surface area (Å²) in [4.78, 5) is 7.07. The normalized spacial score (nSPS) is 19.1. The van der Waals surface area contributed by atoms with E-state index in [1.54, 1.807) is 0 Å². The van der Waals surface area contributed by atoms with Gasteiger partial charge in [0.2, 0.25) is 0 Å². The van der Waals surface area contributed by atoms with Crippen LogP contribution in [0.2, 0.25) is 0 Å². The standard InChI is InChI=1S/C14H23N3/c1-4-15-12-7-5-8-13(16-12)17-10-6-9-14(2,3)11-17/h5,7-8H,4,6,9-11H2,1-3H3,(H,15,16). The molecule has 0 unspecified atom stereocenters. The number of nitrogens with zero attached hydrogens (tertiary/aromatic N) is 2. The lowest BCUT2D eigenvalue weighted by Gasteiger charge is -2.38. The molecule has 0 aromatic carbocycles. The average Bonchev–Trinajstić information content (AvgIpc) is 2.28. The molecule has 0 bridgehead atoms. The lowest BCUT2D eigenvalue weighted by molar-refractivity contribution is 0.292. The number of nitrogens with one attached hydrogen (secondary N) is 1. The van der Waals surface area contributed by atoms with Crippen LogP contribution < -0.4 is 10.2 Å². The van der Waals surface area contributed by atoms with E-state index in [1.165, 1.54) is 12.8 Å². The molecule has 1 saturated heterocycles. The fraction of sp³-hybridized carbons (Fsp3) is 0.643. The van der Waals surface area contributed by atoms with E-state index in [0.717, 1.165) is 31.3 Å². The topological polar surface area (TPSA) is 28.2 Å². The molecule has 0 spiro atoms. The molecule has 0 amide bonds. The van der Waals surface area contributed by atoms with Crippen LogP contribution in [0.1, 0.15) is 33.6 Å². The zero-order chi connectivity index (χ0) is 12.3. The molecule has 1 aromatic rings. The molecule has 1 N–H and O–H groups in total. The van der Waals surface area contributed by atoms with Gasteiger partial charge in [0.15, 0.2) is 0 Å². The summed E-state index contributed by atoms with van der Waals surface area (Å²) in [5.74, 6) is 2.09. The van der Waals surface area contributed by atoms with Crippen molar-refractivity contribution < 1.29 is 0 Å². The van der Waals surface area contributed by atoms with Crippen LogP contribution in [-0.4, -0.2) is 24.6 Å². The highest BCUT2D eigenvalue weighted by atomic mass is 15.2. The molecule has 2 rings (SSSR count). The molecule has 0 saturated carbocycles. The van der Waals surface area contributed by atoms with Gasteiger partial charge in [0.05, 0.1) is 0 Å². The average molecular weight is 233 g/mol. The Balaban J connectivity index is 2.13. The molecule has 2 heterocycles. The van der Waals surface area contributed by atoms with E-state index in [2.05, 4.69) is 48.1 Å². The van der Waals surface area contributed by atoms with E-state index in [1.807, 2.05) is 6.07 Å². The van der Waals surface area contributed by atoms with Crippen molar-refractivity contribution in [3.05, 3.63) is 18.2 Å². The van der Waals surface area contributed by atoms with Crippen molar-refractivity contribution in [1.82, 2.24) is 4.98 Å². The maximum absolute atomic E-state index is 4.67. The van der Waals surface area contributed by atoms with Crippen molar-refractivity contribution in [2.24, 2.45) is 5.41 Å². The molecular weight excluding hydrogens is 210 g/mol. The fourth-order valence-corrected chi connectivity index (χ4v) is 2.50. The number of rotatable bonds is 3. The molecule has 1 aromatic heterocycles. The molecular formula is C14H23N3. The molecule has 0 atom stereocenters. The highest BCUT2D eigenvalue weighted by molar-refractivity contribution is 5.47. The number of hydrogen-bond acceptors (Lipinski definition) is 3. The number of hydrogen-bond donors (Lipinski definition) is 1. The van der Waals surface area contributed by atoms with Crippen LogP contribution in [0.4, 0.5) is 11.6 Å². The van der Waals surface area contributed by atoms with Crippen LogP contribution in [0.15, 0.2) is 18.2 Å². The predicted octanol–water partition coefficient (Wildman–Crippen LogP) is 3.14. The number of pyridine rings is 1. The summed E-state index contributed by atoms with van der Waals surface area (Å²) < 4.78 is 0. The van der Waals surface area contributed by atoms with E-state index in [4.69, 9.17) is 0 Å². The summed E-state index contributed by atoms with van der Waals surface area (Å²) in [5, 5.41) is 3.27. The summed E-state index contributed by atoms with van der Waals surface area (Å²) in [5.41, 5.74) is 0.411. The summed E-state index contributed by atoms with van der Waals surface area (Å²) >= 11 is 0. The van der Waals surface area contributed by atoms with Crippen molar-refractivity contribution in [2.45, 2.75) is 33.6 Å². The van der Waals surface area contributed by atoms with Crippen LogP contribution in [0.5, 0.6) is 0 Å². The van der Waals surface area contributed by atoms with Gasteiger partial charge >= 0.3 is 0 Å². The first-order valence-electron chi connectivity index (χ1n) is 6.57. The third-order valence-electron chi connectivity index (χ3n) is 3.32. The van der Waals surface area contributed by atoms with Crippen LogP contribution >= 0.6 is 0 Å². The molecule has 1 aliphatic heterocycles. The summed E-state index contributed by atoms with van der Waals surface area (Å²) in [6.45, 7) is 9.93. The minimum absolute atomic E-state index is 0.411. The van der Waals surface area contributed by atoms with Crippen LogP contribution in [0.25, 0.3) is 0 Å². The first kappa shape index (κ1) is 12.2. The largest absolute Gasteiger partial charge is 0.370 e. The van der Waals surface area contributed by atoms with E-state index in [0.29, 0.717) is 5.41 Å². The van der Waals surface area contributed by atoms with E-state index in [9.17, 15) is 0 Å². The van der Waals surface area contributed by atoms with Gasteiger partial charge in [0.25, 0.3) is 0 Å². The highest BCUT2D eigenvalue weighted by Gasteiger charge is 2.26. The number of piperidine rings is 1. The lowest BCUT2D eigenvalue weighted by atomic mass is 9.84. The SMILES string of the molecule is CCNc1cccc(N2CCCC(C)(C)C2)n1. The van der Waals surface area contributed by atoms with Crippen molar-refractivity contribution in [1.29, 1.82) is 0 Å². The smallest absolute Gasteiger partial charge is 0.130 e. The summed E-state index contributed by atoms with van der Waals surface area (Å²) in [6, 6.07) is 6.23. The Morgan fingerprint density at radius 2 is 2.24 bits per heavy atom. The minimum atomic E-state index is 0.411. The van der Waals surface area contributed by atoms with Crippen molar-refractivity contribution >= 4 is 11.6 Å². The van der Waals surface area contributed by atoms with E-state index >= 15 is 0 Å². The van der Waals surface area contributed by atoms with Crippen LogP contribution in [0, 0.1) is 5.41 Å². The summed E-state index contributed by atoms with van der Waals surface area (Å²) in [6.07, 6.45) is 2.58. The third-order valence-corrected chi connectivity index (χ3v) is 3.32. The maximum Gasteiger partial charge on any atom is 0.130 e. The van der Waals surface area contributed by atoms with Crippen molar-refractivity contribution in [2.75, 3.05) is 29.9 Å². The zero-order valence-corrected chi connectivity index (χ0v) is 11.2. The molecule has 0 aliphatic carbocycles. The first-order valence-corrected chi connectivity index (χ1v) is 6.57. The molecule has 94 valence electrons. The van der Waals surface area contributed by atoms with Crippen LogP contribution in [-0.2, 0) is 0 Å². The van der Waals surface area contributed by atoms with E-state index < -0.39 is 0 Å². The second kappa shape index (κ2) is 4.94. The Morgan fingerprint density at radius 1 is 1.41 bits per heavy atom. The Bertz CT molecular complexity index is 373. The Labute approximate surface area is 104 Å². The van der Waals surface area contributed by atoms with Gasteiger partial charge in [0, 0.05) is 19.6 Å². The zero-order valence-electron chi connectivity index (χ0n) is 11.2. The molecule has 17 heavy (non-hydrogen) atoms.